The number of hydrogen-bond donors (Lipinski definition) is 2. The largest absolute Gasteiger partial charge is 0.354 e. The molecule has 14 heavy (non-hydrogen) atoms. The lowest BCUT2D eigenvalue weighted by Crippen LogP contribution is -2.47. The van der Waals surface area contributed by atoms with Crippen LogP contribution in [0.5, 0.6) is 0 Å². The van der Waals surface area contributed by atoms with Gasteiger partial charge in [0.15, 0.2) is 6.29 Å². The third-order valence-corrected chi connectivity index (χ3v) is 2.71. The van der Waals surface area contributed by atoms with Crippen LogP contribution in [0, 0.1) is 0 Å². The molecule has 1 unspecified atom stereocenters. The topological polar surface area (TPSA) is 69.4 Å². The number of nitrogens with one attached hydrogen (secondary N) is 1. The molecule has 1 aromatic rings. The van der Waals surface area contributed by atoms with Crippen LogP contribution in [0.2, 0.25) is 0 Å². The molecule has 5 nitrogen and oxygen atoms in total. The molecule has 1 aromatic heterocycles. The number of thiazole rings is 1. The monoisotopic (exact) mass is 217 g/mol. The molecule has 3 N–H and O–H groups in total. The van der Waals surface area contributed by atoms with Crippen LogP contribution in [0.3, 0.4) is 0 Å². The Hall–Kier alpha value is -0.530. The first-order chi connectivity index (χ1) is 6.81. The molecule has 1 atom stereocenters. The van der Waals surface area contributed by atoms with Gasteiger partial charge in [0, 0.05) is 31.7 Å². The van der Waals surface area contributed by atoms with Gasteiger partial charge in [-0.25, -0.2) is 0 Å². The number of ether oxygens (including phenoxy) is 2. The standard InChI is InChI=1S/C8H15N3O2S/c1-12-8(13-2)7(11-9)3-6-4-10-5-14-6/h4-5,7-8,11H,3,9H2,1-2H3. The Morgan fingerprint density at radius 1 is 1.57 bits per heavy atom. The van der Waals surface area contributed by atoms with Gasteiger partial charge in [-0.3, -0.25) is 16.3 Å². The Morgan fingerprint density at radius 3 is 2.71 bits per heavy atom. The molecule has 0 aliphatic rings. The first-order valence-electron chi connectivity index (χ1n) is 4.21. The summed E-state index contributed by atoms with van der Waals surface area (Å²) in [7, 11) is 3.18. The number of rotatable bonds is 6. The van der Waals surface area contributed by atoms with E-state index < -0.39 is 0 Å². The van der Waals surface area contributed by atoms with Crippen molar-refractivity contribution in [3.8, 4) is 0 Å². The SMILES string of the molecule is COC(OC)C(Cc1cncs1)NN. The van der Waals surface area contributed by atoms with E-state index in [0.717, 1.165) is 11.3 Å². The molecule has 80 valence electrons. The third-order valence-electron chi connectivity index (χ3n) is 1.91. The van der Waals surface area contributed by atoms with Crippen molar-refractivity contribution >= 4 is 11.3 Å². The summed E-state index contributed by atoms with van der Waals surface area (Å²) < 4.78 is 10.2. The van der Waals surface area contributed by atoms with E-state index in [4.69, 9.17) is 15.3 Å². The zero-order valence-electron chi connectivity index (χ0n) is 8.27. The second-order valence-corrected chi connectivity index (χ2v) is 3.76. The van der Waals surface area contributed by atoms with Gasteiger partial charge in [0.25, 0.3) is 0 Å². The van der Waals surface area contributed by atoms with Gasteiger partial charge in [-0.15, -0.1) is 11.3 Å². The van der Waals surface area contributed by atoms with Crippen molar-refractivity contribution in [1.82, 2.24) is 10.4 Å². The van der Waals surface area contributed by atoms with Crippen molar-refractivity contribution < 1.29 is 9.47 Å². The zero-order chi connectivity index (χ0) is 10.4. The minimum atomic E-state index is -0.345. The molecule has 0 amide bonds. The van der Waals surface area contributed by atoms with E-state index in [0.29, 0.717) is 0 Å². The summed E-state index contributed by atoms with van der Waals surface area (Å²) in [5.74, 6) is 5.42. The highest BCUT2D eigenvalue weighted by atomic mass is 32.1. The third kappa shape index (κ3) is 3.00. The molecule has 0 radical (unpaired) electrons. The number of aromatic nitrogens is 1. The second-order valence-electron chi connectivity index (χ2n) is 2.78. The van der Waals surface area contributed by atoms with Gasteiger partial charge < -0.3 is 9.47 Å². The van der Waals surface area contributed by atoms with Crippen molar-refractivity contribution in [2.24, 2.45) is 5.84 Å². The van der Waals surface area contributed by atoms with Crippen LogP contribution in [-0.4, -0.2) is 31.5 Å². The molecular formula is C8H15N3O2S. The van der Waals surface area contributed by atoms with Crippen LogP contribution in [-0.2, 0) is 15.9 Å². The molecule has 0 saturated carbocycles. The average Bonchev–Trinajstić information content (AvgIpc) is 2.70. The summed E-state index contributed by atoms with van der Waals surface area (Å²) in [6, 6.07) is -0.0644. The lowest BCUT2D eigenvalue weighted by atomic mass is 10.2. The Kier molecular flexibility index (Phi) is 4.99. The van der Waals surface area contributed by atoms with Crippen LogP contribution in [0.15, 0.2) is 11.7 Å². The minimum absolute atomic E-state index is 0.0644. The van der Waals surface area contributed by atoms with E-state index in [1.165, 1.54) is 0 Å². The fraction of sp³-hybridized carbons (Fsp3) is 0.625. The number of hydrogen-bond acceptors (Lipinski definition) is 6. The van der Waals surface area contributed by atoms with Gasteiger partial charge in [0.2, 0.25) is 0 Å². The normalized spacial score (nSPS) is 13.4. The molecule has 0 fully saturated rings. The second kappa shape index (κ2) is 6.05. The van der Waals surface area contributed by atoms with Gasteiger partial charge >= 0.3 is 0 Å². The van der Waals surface area contributed by atoms with Gasteiger partial charge in [0.05, 0.1) is 11.6 Å². The number of nitrogens with zero attached hydrogens (tertiary/aromatic N) is 1. The number of methoxy groups -OCH3 is 2. The summed E-state index contributed by atoms with van der Waals surface area (Å²) in [4.78, 5) is 5.13. The van der Waals surface area contributed by atoms with E-state index >= 15 is 0 Å². The molecule has 0 spiro atoms. The summed E-state index contributed by atoms with van der Waals surface area (Å²) in [6.45, 7) is 0. The molecule has 0 bridgehead atoms. The Balaban J connectivity index is 2.53. The van der Waals surface area contributed by atoms with Gasteiger partial charge in [-0.2, -0.15) is 0 Å². The summed E-state index contributed by atoms with van der Waals surface area (Å²) in [5, 5.41) is 0. The number of hydrazine groups is 1. The van der Waals surface area contributed by atoms with Gasteiger partial charge in [0.1, 0.15) is 0 Å². The van der Waals surface area contributed by atoms with Gasteiger partial charge in [-0.05, 0) is 0 Å². The van der Waals surface area contributed by atoms with E-state index in [1.54, 1.807) is 31.1 Å². The van der Waals surface area contributed by atoms with E-state index in [1.807, 2.05) is 6.20 Å². The van der Waals surface area contributed by atoms with Crippen LogP contribution in [0.4, 0.5) is 0 Å². The van der Waals surface area contributed by atoms with E-state index in [9.17, 15) is 0 Å². The predicted octanol–water partition coefficient (Wildman–Crippen LogP) is 0.136. The highest BCUT2D eigenvalue weighted by molar-refractivity contribution is 7.09. The van der Waals surface area contributed by atoms with Crippen LogP contribution in [0.1, 0.15) is 4.88 Å². The summed E-state index contributed by atoms with van der Waals surface area (Å²) in [5.41, 5.74) is 4.46. The molecule has 0 aliphatic carbocycles. The lowest BCUT2D eigenvalue weighted by Gasteiger charge is -2.23. The first kappa shape index (κ1) is 11.5. The van der Waals surface area contributed by atoms with Crippen molar-refractivity contribution in [3.05, 3.63) is 16.6 Å². The van der Waals surface area contributed by atoms with Crippen LogP contribution in [0.25, 0.3) is 0 Å². The average molecular weight is 217 g/mol. The lowest BCUT2D eigenvalue weighted by molar-refractivity contribution is -0.122. The quantitative estimate of drug-likeness (QED) is 0.403. The fourth-order valence-electron chi connectivity index (χ4n) is 1.22. The van der Waals surface area contributed by atoms with Crippen molar-refractivity contribution in [2.45, 2.75) is 18.8 Å². The Bertz CT molecular complexity index is 239. The van der Waals surface area contributed by atoms with Crippen molar-refractivity contribution in [3.63, 3.8) is 0 Å². The predicted molar refractivity (Wildman–Crippen MR) is 54.7 cm³/mol. The highest BCUT2D eigenvalue weighted by Gasteiger charge is 2.20. The zero-order valence-corrected chi connectivity index (χ0v) is 9.08. The maximum Gasteiger partial charge on any atom is 0.173 e. The van der Waals surface area contributed by atoms with Gasteiger partial charge in [-0.1, -0.05) is 0 Å². The van der Waals surface area contributed by atoms with Crippen LogP contribution < -0.4 is 11.3 Å². The maximum atomic E-state index is 5.42. The molecule has 6 heteroatoms. The number of nitrogens with two attached hydrogens (primary N) is 1. The molecule has 1 heterocycles. The van der Waals surface area contributed by atoms with Crippen molar-refractivity contribution in [2.75, 3.05) is 14.2 Å². The molecule has 1 rings (SSSR count). The Morgan fingerprint density at radius 2 is 2.29 bits per heavy atom. The molecular weight excluding hydrogens is 202 g/mol. The molecule has 0 aliphatic heterocycles. The smallest absolute Gasteiger partial charge is 0.173 e. The minimum Gasteiger partial charge on any atom is -0.354 e. The van der Waals surface area contributed by atoms with Crippen LogP contribution >= 0.6 is 11.3 Å². The molecule has 0 saturated heterocycles. The summed E-state index contributed by atoms with van der Waals surface area (Å²) in [6.07, 6.45) is 2.22. The first-order valence-corrected chi connectivity index (χ1v) is 5.08. The van der Waals surface area contributed by atoms with E-state index in [-0.39, 0.29) is 12.3 Å². The summed E-state index contributed by atoms with van der Waals surface area (Å²) >= 11 is 1.59. The molecule has 0 aromatic carbocycles. The highest BCUT2D eigenvalue weighted by Crippen LogP contribution is 2.11. The van der Waals surface area contributed by atoms with E-state index in [2.05, 4.69) is 10.4 Å². The maximum absolute atomic E-state index is 5.42. The van der Waals surface area contributed by atoms with Crippen molar-refractivity contribution in [1.29, 1.82) is 0 Å². The fourth-order valence-corrected chi connectivity index (χ4v) is 1.87. The Labute approximate surface area is 87.2 Å².